The largest absolute Gasteiger partial charge is 0.504 e. The summed E-state index contributed by atoms with van der Waals surface area (Å²) in [6.07, 6.45) is 1.59. The molecule has 4 rings (SSSR count). The third kappa shape index (κ3) is 4.37. The first-order valence-corrected chi connectivity index (χ1v) is 10.8. The number of aryl methyl sites for hydroxylation is 2. The Morgan fingerprint density at radius 1 is 1.12 bits per heavy atom. The highest BCUT2D eigenvalue weighted by Crippen LogP contribution is 2.31. The molecular formula is C22H16Cl3N5O3. The lowest BCUT2D eigenvalue weighted by Crippen LogP contribution is -2.26. The number of nitrogens with one attached hydrogen (secondary N) is 1. The number of nitrogens with zero attached hydrogens (tertiary/aromatic N) is 4. The van der Waals surface area contributed by atoms with Gasteiger partial charge in [0.05, 0.1) is 38.9 Å². The van der Waals surface area contributed by atoms with E-state index in [1.165, 1.54) is 10.6 Å². The van der Waals surface area contributed by atoms with E-state index in [0.29, 0.717) is 22.1 Å². The lowest BCUT2D eigenvalue weighted by molar-refractivity contribution is 0.102. The molecule has 11 heteroatoms. The molecule has 168 valence electrons. The number of pyridine rings is 2. The molecule has 0 spiro atoms. The third-order valence-corrected chi connectivity index (χ3v) is 5.93. The molecule has 3 heterocycles. The van der Waals surface area contributed by atoms with E-state index in [-0.39, 0.29) is 39.0 Å². The first-order chi connectivity index (χ1) is 15.7. The topological polar surface area (TPSA) is 110 Å². The van der Waals surface area contributed by atoms with Crippen LogP contribution in [0.5, 0.6) is 5.75 Å². The smallest absolute Gasteiger partial charge is 0.274 e. The second-order valence-electron chi connectivity index (χ2n) is 7.22. The van der Waals surface area contributed by atoms with Crippen LogP contribution in [0.4, 0.5) is 5.69 Å². The van der Waals surface area contributed by atoms with Crippen molar-refractivity contribution in [2.24, 2.45) is 0 Å². The second-order valence-corrected chi connectivity index (χ2v) is 8.39. The van der Waals surface area contributed by atoms with Gasteiger partial charge in [-0.05, 0) is 43.7 Å². The summed E-state index contributed by atoms with van der Waals surface area (Å²) >= 11 is 18.0. The van der Waals surface area contributed by atoms with Gasteiger partial charge in [-0.1, -0.05) is 40.9 Å². The zero-order valence-electron chi connectivity index (χ0n) is 17.4. The molecular weight excluding hydrogens is 489 g/mol. The van der Waals surface area contributed by atoms with Crippen LogP contribution in [0.3, 0.4) is 0 Å². The summed E-state index contributed by atoms with van der Waals surface area (Å²) in [5.41, 5.74) is 1.47. The van der Waals surface area contributed by atoms with Crippen LogP contribution in [0.2, 0.25) is 15.2 Å². The van der Waals surface area contributed by atoms with E-state index in [1.54, 1.807) is 37.4 Å². The van der Waals surface area contributed by atoms with Crippen molar-refractivity contribution >= 4 is 57.3 Å². The predicted molar refractivity (Wildman–Crippen MR) is 128 cm³/mol. The molecule has 1 aromatic carbocycles. The Morgan fingerprint density at radius 3 is 2.58 bits per heavy atom. The highest BCUT2D eigenvalue weighted by atomic mass is 35.5. The molecule has 0 fully saturated rings. The molecule has 8 nitrogen and oxygen atoms in total. The highest BCUT2D eigenvalue weighted by molar-refractivity contribution is 6.36. The van der Waals surface area contributed by atoms with Crippen LogP contribution < -0.4 is 10.9 Å². The van der Waals surface area contributed by atoms with E-state index in [1.807, 2.05) is 6.92 Å². The minimum absolute atomic E-state index is 0.110. The average molecular weight is 505 g/mol. The van der Waals surface area contributed by atoms with Crippen LogP contribution >= 0.6 is 34.8 Å². The van der Waals surface area contributed by atoms with Crippen molar-refractivity contribution in [2.75, 3.05) is 5.32 Å². The molecule has 0 radical (unpaired) electrons. The molecule has 0 aliphatic rings. The average Bonchev–Trinajstić information content (AvgIpc) is 2.77. The van der Waals surface area contributed by atoms with Gasteiger partial charge in [0.25, 0.3) is 11.5 Å². The van der Waals surface area contributed by atoms with E-state index in [4.69, 9.17) is 34.8 Å². The summed E-state index contributed by atoms with van der Waals surface area (Å²) in [5, 5.41) is 12.6. The molecule has 0 atom stereocenters. The number of fused-ring (bicyclic) bond motifs is 1. The molecule has 0 bridgehead atoms. The van der Waals surface area contributed by atoms with Crippen molar-refractivity contribution in [3.05, 3.63) is 84.9 Å². The fourth-order valence-corrected chi connectivity index (χ4v) is 3.93. The summed E-state index contributed by atoms with van der Waals surface area (Å²) in [4.78, 5) is 39.0. The molecule has 1 amide bonds. The van der Waals surface area contributed by atoms with Gasteiger partial charge >= 0.3 is 0 Å². The van der Waals surface area contributed by atoms with Gasteiger partial charge in [0.15, 0.2) is 10.9 Å². The molecule has 0 saturated carbocycles. The monoisotopic (exact) mass is 503 g/mol. The fourth-order valence-electron chi connectivity index (χ4n) is 3.32. The third-order valence-electron chi connectivity index (χ3n) is 5.03. The number of amides is 1. The van der Waals surface area contributed by atoms with Gasteiger partial charge in [0.1, 0.15) is 11.5 Å². The first kappa shape index (κ1) is 23.0. The number of halogens is 3. The maximum atomic E-state index is 13.5. The Balaban J connectivity index is 1.83. The van der Waals surface area contributed by atoms with Gasteiger partial charge in [-0.15, -0.1) is 0 Å². The van der Waals surface area contributed by atoms with Gasteiger partial charge < -0.3 is 10.4 Å². The quantitative estimate of drug-likeness (QED) is 0.387. The fraction of sp³-hybridized carbons (Fsp3) is 0.136. The van der Waals surface area contributed by atoms with Crippen molar-refractivity contribution in [3.63, 3.8) is 0 Å². The van der Waals surface area contributed by atoms with Crippen LogP contribution in [0.25, 0.3) is 10.9 Å². The van der Waals surface area contributed by atoms with Gasteiger partial charge in [0, 0.05) is 6.20 Å². The van der Waals surface area contributed by atoms with E-state index in [0.717, 1.165) is 5.56 Å². The SMILES string of the molecule is Cc1ccc(NC(=O)c2cc(Cl)c(O)c(Cl)n2)c2c(=O)n(Cc3ncccc3Cl)c(C)nc12. The Labute approximate surface area is 202 Å². The number of hydrogen-bond acceptors (Lipinski definition) is 6. The summed E-state index contributed by atoms with van der Waals surface area (Å²) in [6.45, 7) is 3.65. The maximum absolute atomic E-state index is 13.5. The Bertz CT molecular complexity index is 1460. The first-order valence-electron chi connectivity index (χ1n) is 9.64. The van der Waals surface area contributed by atoms with E-state index < -0.39 is 11.7 Å². The zero-order valence-corrected chi connectivity index (χ0v) is 19.6. The summed E-state index contributed by atoms with van der Waals surface area (Å²) in [5.74, 6) is -0.616. The Kier molecular flexibility index (Phi) is 6.25. The number of benzene rings is 1. The minimum Gasteiger partial charge on any atom is -0.504 e. The minimum atomic E-state index is -0.664. The molecule has 0 saturated heterocycles. The normalized spacial score (nSPS) is 11.1. The van der Waals surface area contributed by atoms with E-state index in [2.05, 4.69) is 20.3 Å². The highest BCUT2D eigenvalue weighted by Gasteiger charge is 2.19. The van der Waals surface area contributed by atoms with Crippen LogP contribution in [-0.4, -0.2) is 30.5 Å². The number of anilines is 1. The van der Waals surface area contributed by atoms with Crippen molar-refractivity contribution in [1.82, 2.24) is 19.5 Å². The van der Waals surface area contributed by atoms with Crippen molar-refractivity contribution in [2.45, 2.75) is 20.4 Å². The summed E-state index contributed by atoms with van der Waals surface area (Å²) in [7, 11) is 0. The van der Waals surface area contributed by atoms with Crippen molar-refractivity contribution < 1.29 is 9.90 Å². The number of carbonyl (C=O) groups excluding carboxylic acids is 1. The van der Waals surface area contributed by atoms with Crippen LogP contribution in [-0.2, 0) is 6.54 Å². The number of rotatable bonds is 4. The Hall–Kier alpha value is -3.20. The number of aromatic hydroxyl groups is 1. The molecule has 0 unspecified atom stereocenters. The molecule has 0 aliphatic carbocycles. The standard InChI is InChI=1S/C22H16Cl3N5O3/c1-10-5-6-14(29-21(32)15-8-13(24)19(31)20(25)28-15)17-18(10)27-11(2)30(22(17)33)9-16-12(23)4-3-7-26-16/h3-8,31H,9H2,1-2H3,(H,29,32). The predicted octanol–water partition coefficient (Wildman–Crippen LogP) is 4.77. The van der Waals surface area contributed by atoms with Gasteiger partial charge in [-0.3, -0.25) is 19.1 Å². The van der Waals surface area contributed by atoms with Crippen LogP contribution in [0.15, 0.2) is 41.3 Å². The van der Waals surface area contributed by atoms with E-state index >= 15 is 0 Å². The molecule has 2 N–H and O–H groups in total. The summed E-state index contributed by atoms with van der Waals surface area (Å²) < 4.78 is 1.44. The van der Waals surface area contributed by atoms with E-state index in [9.17, 15) is 14.7 Å². The zero-order chi connectivity index (χ0) is 23.9. The van der Waals surface area contributed by atoms with Crippen LogP contribution in [0, 0.1) is 13.8 Å². The van der Waals surface area contributed by atoms with Gasteiger partial charge in [0.2, 0.25) is 0 Å². The lowest BCUT2D eigenvalue weighted by Gasteiger charge is -2.15. The maximum Gasteiger partial charge on any atom is 0.274 e. The summed E-state index contributed by atoms with van der Waals surface area (Å²) in [6, 6.07) is 7.92. The van der Waals surface area contributed by atoms with Crippen molar-refractivity contribution in [3.8, 4) is 5.75 Å². The van der Waals surface area contributed by atoms with Gasteiger partial charge in [-0.25, -0.2) is 9.97 Å². The van der Waals surface area contributed by atoms with Crippen LogP contribution in [0.1, 0.15) is 27.6 Å². The Morgan fingerprint density at radius 2 is 1.88 bits per heavy atom. The number of hydrogen-bond donors (Lipinski definition) is 2. The lowest BCUT2D eigenvalue weighted by atomic mass is 10.1. The molecule has 4 aromatic rings. The molecule has 3 aromatic heterocycles. The second kappa shape index (κ2) is 8.97. The molecule has 33 heavy (non-hydrogen) atoms. The molecule has 0 aliphatic heterocycles. The van der Waals surface area contributed by atoms with Gasteiger partial charge in [-0.2, -0.15) is 0 Å². The number of carbonyl (C=O) groups is 1. The number of aromatic nitrogens is 4. The van der Waals surface area contributed by atoms with Crippen molar-refractivity contribution in [1.29, 1.82) is 0 Å².